The molecule has 0 bridgehead atoms. The Labute approximate surface area is 162 Å². The number of pyridine rings is 2. The van der Waals surface area contributed by atoms with E-state index in [-0.39, 0.29) is 11.4 Å². The molecule has 0 saturated heterocycles. The minimum absolute atomic E-state index is 0.166. The fraction of sp³-hybridized carbons (Fsp3) is 0.0833. The predicted molar refractivity (Wildman–Crippen MR) is 109 cm³/mol. The molecule has 0 aliphatic heterocycles. The van der Waals surface area contributed by atoms with Crippen LogP contribution in [0.1, 0.15) is 16.7 Å². The monoisotopic (exact) mass is 368 g/mol. The molecule has 0 saturated carbocycles. The number of halogens is 1. The van der Waals surface area contributed by atoms with E-state index >= 15 is 0 Å². The smallest absolute Gasteiger partial charge is 0.260 e. The van der Waals surface area contributed by atoms with Crippen molar-refractivity contribution in [1.29, 1.82) is 0 Å². The van der Waals surface area contributed by atoms with Crippen molar-refractivity contribution in [3.8, 4) is 11.8 Å². The maximum Gasteiger partial charge on any atom is 0.260 e. The molecular formula is C24H17FN2O. The van der Waals surface area contributed by atoms with E-state index in [1.54, 1.807) is 41.2 Å². The lowest BCUT2D eigenvalue weighted by Crippen LogP contribution is -2.20. The zero-order valence-electron chi connectivity index (χ0n) is 15.1. The highest BCUT2D eigenvalue weighted by molar-refractivity contribution is 5.78. The first-order valence-corrected chi connectivity index (χ1v) is 8.95. The van der Waals surface area contributed by atoms with Crippen LogP contribution < -0.4 is 5.56 Å². The lowest BCUT2D eigenvalue weighted by atomic mass is 10.1. The molecule has 0 amide bonds. The van der Waals surface area contributed by atoms with E-state index in [1.165, 1.54) is 12.1 Å². The van der Waals surface area contributed by atoms with Crippen LogP contribution in [-0.2, 0) is 13.0 Å². The third-order valence-electron chi connectivity index (χ3n) is 4.43. The molecule has 4 heteroatoms. The highest BCUT2D eigenvalue weighted by Gasteiger charge is 2.06. The van der Waals surface area contributed by atoms with Gasteiger partial charge in [-0.3, -0.25) is 9.78 Å². The van der Waals surface area contributed by atoms with E-state index in [0.29, 0.717) is 29.4 Å². The summed E-state index contributed by atoms with van der Waals surface area (Å²) in [5.41, 5.74) is 3.02. The second-order valence-corrected chi connectivity index (χ2v) is 6.50. The minimum atomic E-state index is -0.316. The topological polar surface area (TPSA) is 34.9 Å². The lowest BCUT2D eigenvalue weighted by molar-refractivity contribution is 0.623. The van der Waals surface area contributed by atoms with E-state index in [2.05, 4.69) is 16.8 Å². The lowest BCUT2D eigenvalue weighted by Gasteiger charge is -2.07. The Hall–Kier alpha value is -3.71. The van der Waals surface area contributed by atoms with E-state index < -0.39 is 0 Å². The standard InChI is InChI=1S/C24H17FN2O/c25-21-11-5-10-20(14-21)17-27-13-12-23-22(24(27)28)15-19(16-26-23)9-4-8-18-6-2-1-3-7-18/h1-3,5-7,10-16H,8,17H2. The molecule has 0 aliphatic carbocycles. The van der Waals surface area contributed by atoms with Gasteiger partial charge in [0.05, 0.1) is 17.4 Å². The van der Waals surface area contributed by atoms with Crippen LogP contribution >= 0.6 is 0 Å². The van der Waals surface area contributed by atoms with Crippen molar-refractivity contribution in [3.63, 3.8) is 0 Å². The van der Waals surface area contributed by atoms with Crippen molar-refractivity contribution in [1.82, 2.24) is 9.55 Å². The molecule has 0 aliphatic rings. The fourth-order valence-corrected chi connectivity index (χ4v) is 3.03. The molecule has 4 rings (SSSR count). The summed E-state index contributed by atoms with van der Waals surface area (Å²) in [6.45, 7) is 0.302. The van der Waals surface area contributed by atoms with Gasteiger partial charge in [-0.25, -0.2) is 4.39 Å². The fourth-order valence-electron chi connectivity index (χ4n) is 3.03. The predicted octanol–water partition coefficient (Wildman–Crippen LogP) is 4.18. The van der Waals surface area contributed by atoms with Gasteiger partial charge in [0.15, 0.2) is 0 Å². The number of hydrogen-bond donors (Lipinski definition) is 0. The van der Waals surface area contributed by atoms with Crippen molar-refractivity contribution in [2.75, 3.05) is 0 Å². The van der Waals surface area contributed by atoms with E-state index in [1.807, 2.05) is 30.3 Å². The second-order valence-electron chi connectivity index (χ2n) is 6.50. The molecular weight excluding hydrogens is 351 g/mol. The van der Waals surface area contributed by atoms with Gasteiger partial charge in [-0.15, -0.1) is 0 Å². The van der Waals surface area contributed by atoms with Gasteiger partial charge >= 0.3 is 0 Å². The quantitative estimate of drug-likeness (QED) is 0.509. The molecule has 3 nitrogen and oxygen atoms in total. The molecule has 0 fully saturated rings. The third-order valence-corrected chi connectivity index (χ3v) is 4.43. The summed E-state index contributed by atoms with van der Waals surface area (Å²) in [5.74, 6) is 5.89. The number of fused-ring (bicyclic) bond motifs is 1. The highest BCUT2D eigenvalue weighted by Crippen LogP contribution is 2.10. The Morgan fingerprint density at radius 2 is 1.79 bits per heavy atom. The van der Waals surface area contributed by atoms with E-state index in [0.717, 1.165) is 11.1 Å². The Morgan fingerprint density at radius 3 is 2.61 bits per heavy atom. The molecule has 2 heterocycles. The number of aromatic nitrogens is 2. The van der Waals surface area contributed by atoms with Gasteiger partial charge < -0.3 is 4.57 Å². The van der Waals surface area contributed by atoms with E-state index in [9.17, 15) is 9.18 Å². The maximum absolute atomic E-state index is 13.4. The van der Waals surface area contributed by atoms with E-state index in [4.69, 9.17) is 0 Å². The highest BCUT2D eigenvalue weighted by atomic mass is 19.1. The Kier molecular flexibility index (Phi) is 4.99. The summed E-state index contributed by atoms with van der Waals surface area (Å²) >= 11 is 0. The maximum atomic E-state index is 13.4. The molecule has 0 atom stereocenters. The first-order valence-electron chi connectivity index (χ1n) is 8.95. The minimum Gasteiger partial charge on any atom is -0.310 e. The molecule has 28 heavy (non-hydrogen) atoms. The van der Waals surface area contributed by atoms with Crippen LogP contribution in [0.25, 0.3) is 10.9 Å². The first-order chi connectivity index (χ1) is 13.7. The van der Waals surface area contributed by atoms with Gasteiger partial charge in [-0.2, -0.15) is 0 Å². The van der Waals surface area contributed by atoms with Crippen LogP contribution in [0.3, 0.4) is 0 Å². The van der Waals surface area contributed by atoms with Crippen molar-refractivity contribution >= 4 is 10.9 Å². The molecule has 0 N–H and O–H groups in total. The van der Waals surface area contributed by atoms with Crippen LogP contribution in [0.5, 0.6) is 0 Å². The molecule has 136 valence electrons. The Balaban J connectivity index is 1.63. The van der Waals surface area contributed by atoms with Crippen LogP contribution in [0.2, 0.25) is 0 Å². The normalized spacial score (nSPS) is 10.5. The number of hydrogen-bond acceptors (Lipinski definition) is 2. The third kappa shape index (κ3) is 3.99. The summed E-state index contributed by atoms with van der Waals surface area (Å²) in [4.78, 5) is 17.2. The van der Waals surface area contributed by atoms with Crippen LogP contribution in [0.15, 0.2) is 83.9 Å². The van der Waals surface area contributed by atoms with Gasteiger partial charge in [-0.05, 0) is 35.4 Å². The summed E-state index contributed by atoms with van der Waals surface area (Å²) in [6, 6.07) is 19.8. The molecule has 0 unspecified atom stereocenters. The SMILES string of the molecule is O=c1c2cc(C#CCc3ccccc3)cnc2ccn1Cc1cccc(F)c1. The average molecular weight is 368 g/mol. The van der Waals surface area contributed by atoms with Crippen LogP contribution in [0, 0.1) is 17.7 Å². The second kappa shape index (κ2) is 7.89. The van der Waals surface area contributed by atoms with Gasteiger partial charge in [0.2, 0.25) is 0 Å². The number of rotatable bonds is 3. The summed E-state index contributed by atoms with van der Waals surface area (Å²) in [5, 5.41) is 0.505. The van der Waals surface area contributed by atoms with Crippen LogP contribution in [0.4, 0.5) is 4.39 Å². The van der Waals surface area contributed by atoms with Crippen molar-refractivity contribution in [3.05, 3.63) is 112 Å². The zero-order valence-corrected chi connectivity index (χ0v) is 15.1. The van der Waals surface area contributed by atoms with Gasteiger partial charge in [-0.1, -0.05) is 54.3 Å². The number of benzene rings is 2. The molecule has 0 radical (unpaired) electrons. The van der Waals surface area contributed by atoms with Crippen molar-refractivity contribution < 1.29 is 4.39 Å². The largest absolute Gasteiger partial charge is 0.310 e. The molecule has 2 aromatic heterocycles. The van der Waals surface area contributed by atoms with Gasteiger partial charge in [0, 0.05) is 24.4 Å². The zero-order chi connectivity index (χ0) is 19.3. The average Bonchev–Trinajstić information content (AvgIpc) is 2.71. The van der Waals surface area contributed by atoms with Gasteiger partial charge in [0.25, 0.3) is 5.56 Å². The Morgan fingerprint density at radius 1 is 0.964 bits per heavy atom. The molecule has 4 aromatic rings. The molecule has 0 spiro atoms. The summed E-state index contributed by atoms with van der Waals surface area (Å²) in [6.07, 6.45) is 4.00. The summed E-state index contributed by atoms with van der Waals surface area (Å²) in [7, 11) is 0. The van der Waals surface area contributed by atoms with Crippen molar-refractivity contribution in [2.45, 2.75) is 13.0 Å². The van der Waals surface area contributed by atoms with Crippen molar-refractivity contribution in [2.24, 2.45) is 0 Å². The number of nitrogens with zero attached hydrogens (tertiary/aromatic N) is 2. The summed E-state index contributed by atoms with van der Waals surface area (Å²) < 4.78 is 15.0. The Bertz CT molecular complexity index is 1250. The first kappa shape index (κ1) is 17.7. The molecule has 2 aromatic carbocycles. The van der Waals surface area contributed by atoms with Crippen LogP contribution in [-0.4, -0.2) is 9.55 Å². The van der Waals surface area contributed by atoms with Gasteiger partial charge in [0.1, 0.15) is 5.82 Å².